The first kappa shape index (κ1) is 15.2. The number of hydrogen-bond acceptors (Lipinski definition) is 2. The van der Waals surface area contributed by atoms with E-state index in [1.54, 1.807) is 0 Å². The number of anilines is 1. The molecule has 1 heterocycles. The molecule has 2 fully saturated rings. The lowest BCUT2D eigenvalue weighted by Crippen LogP contribution is -2.54. The number of urea groups is 1. The van der Waals surface area contributed by atoms with Crippen LogP contribution in [-0.2, 0) is 0 Å². The molecule has 1 aromatic carbocycles. The first-order valence-corrected chi connectivity index (χ1v) is 8.58. The van der Waals surface area contributed by atoms with E-state index in [-0.39, 0.29) is 6.03 Å². The molecule has 0 bridgehead atoms. The van der Waals surface area contributed by atoms with Crippen LogP contribution in [0.15, 0.2) is 30.3 Å². The van der Waals surface area contributed by atoms with Gasteiger partial charge in [-0.3, -0.25) is 0 Å². The predicted octanol–water partition coefficient (Wildman–Crippen LogP) is 3.10. The van der Waals surface area contributed by atoms with Crippen molar-refractivity contribution in [1.29, 1.82) is 0 Å². The highest BCUT2D eigenvalue weighted by atomic mass is 16.2. The first-order valence-electron chi connectivity index (χ1n) is 8.58. The van der Waals surface area contributed by atoms with Crippen molar-refractivity contribution in [2.24, 2.45) is 5.92 Å². The van der Waals surface area contributed by atoms with Crippen molar-refractivity contribution in [3.05, 3.63) is 30.3 Å². The zero-order valence-electron chi connectivity index (χ0n) is 13.5. The Morgan fingerprint density at radius 2 is 1.82 bits per heavy atom. The van der Waals surface area contributed by atoms with Gasteiger partial charge in [-0.05, 0) is 30.9 Å². The number of nitrogens with zero attached hydrogens (tertiary/aromatic N) is 2. The second-order valence-electron chi connectivity index (χ2n) is 6.73. The van der Waals surface area contributed by atoms with Crippen LogP contribution in [0.2, 0.25) is 0 Å². The number of carbonyl (C=O) groups is 1. The maximum atomic E-state index is 12.4. The van der Waals surface area contributed by atoms with Gasteiger partial charge in [-0.2, -0.15) is 0 Å². The summed E-state index contributed by atoms with van der Waals surface area (Å²) in [6, 6.07) is 11.0. The van der Waals surface area contributed by atoms with Crippen LogP contribution in [0.3, 0.4) is 0 Å². The summed E-state index contributed by atoms with van der Waals surface area (Å²) in [6.07, 6.45) is 4.83. The van der Waals surface area contributed by atoms with E-state index in [9.17, 15) is 4.79 Å². The molecule has 2 unspecified atom stereocenters. The van der Waals surface area contributed by atoms with E-state index in [4.69, 9.17) is 0 Å². The summed E-state index contributed by atoms with van der Waals surface area (Å²) in [5.41, 5.74) is 1.25. The van der Waals surface area contributed by atoms with Gasteiger partial charge in [0.15, 0.2) is 0 Å². The molecule has 1 aliphatic carbocycles. The van der Waals surface area contributed by atoms with Crippen LogP contribution in [0.25, 0.3) is 0 Å². The third kappa shape index (κ3) is 3.73. The van der Waals surface area contributed by atoms with Crippen molar-refractivity contribution in [3.8, 4) is 0 Å². The number of para-hydroxylation sites is 1. The molecule has 4 heteroatoms. The molecule has 3 rings (SSSR count). The number of benzene rings is 1. The Bertz CT molecular complexity index is 482. The van der Waals surface area contributed by atoms with E-state index < -0.39 is 0 Å². The molecule has 1 aliphatic heterocycles. The number of carbonyl (C=O) groups excluding carboxylic acids is 1. The van der Waals surface area contributed by atoms with Crippen LogP contribution in [0.1, 0.15) is 32.6 Å². The van der Waals surface area contributed by atoms with Crippen molar-refractivity contribution in [2.45, 2.75) is 38.6 Å². The summed E-state index contributed by atoms with van der Waals surface area (Å²) in [4.78, 5) is 16.7. The molecule has 22 heavy (non-hydrogen) atoms. The zero-order chi connectivity index (χ0) is 15.4. The second-order valence-corrected chi connectivity index (χ2v) is 6.73. The van der Waals surface area contributed by atoms with Gasteiger partial charge in [0.2, 0.25) is 0 Å². The van der Waals surface area contributed by atoms with E-state index in [1.807, 2.05) is 11.0 Å². The Kier molecular flexibility index (Phi) is 4.86. The van der Waals surface area contributed by atoms with Gasteiger partial charge in [0, 0.05) is 37.9 Å². The minimum atomic E-state index is 0.131. The minimum absolute atomic E-state index is 0.131. The van der Waals surface area contributed by atoms with Crippen molar-refractivity contribution < 1.29 is 4.79 Å². The number of rotatable bonds is 2. The largest absolute Gasteiger partial charge is 0.368 e. The molecule has 2 atom stereocenters. The lowest BCUT2D eigenvalue weighted by atomic mass is 9.87. The quantitative estimate of drug-likeness (QED) is 0.911. The third-order valence-corrected chi connectivity index (χ3v) is 4.95. The third-order valence-electron chi connectivity index (χ3n) is 4.95. The van der Waals surface area contributed by atoms with Gasteiger partial charge in [0.1, 0.15) is 0 Å². The van der Waals surface area contributed by atoms with Crippen LogP contribution >= 0.6 is 0 Å². The molecule has 2 aliphatic rings. The van der Waals surface area contributed by atoms with Gasteiger partial charge in [-0.1, -0.05) is 38.0 Å². The van der Waals surface area contributed by atoms with Gasteiger partial charge in [0.05, 0.1) is 0 Å². The summed E-state index contributed by atoms with van der Waals surface area (Å²) in [6.45, 7) is 5.74. The number of piperazine rings is 1. The normalized spacial score (nSPS) is 25.9. The molecular weight excluding hydrogens is 274 g/mol. The summed E-state index contributed by atoms with van der Waals surface area (Å²) in [7, 11) is 0. The topological polar surface area (TPSA) is 35.6 Å². The lowest BCUT2D eigenvalue weighted by molar-refractivity contribution is 0.183. The predicted molar refractivity (Wildman–Crippen MR) is 90.2 cm³/mol. The molecule has 1 saturated heterocycles. The molecule has 0 radical (unpaired) electrons. The molecule has 0 spiro atoms. The molecule has 1 saturated carbocycles. The molecule has 0 aromatic heterocycles. The second kappa shape index (κ2) is 7.03. The number of hydrogen-bond donors (Lipinski definition) is 1. The molecular formula is C18H27N3O. The molecule has 4 nitrogen and oxygen atoms in total. The molecule has 1 aromatic rings. The van der Waals surface area contributed by atoms with E-state index >= 15 is 0 Å². The van der Waals surface area contributed by atoms with Crippen molar-refractivity contribution in [2.75, 3.05) is 31.1 Å². The highest BCUT2D eigenvalue weighted by Crippen LogP contribution is 2.23. The van der Waals surface area contributed by atoms with Crippen LogP contribution in [0.4, 0.5) is 10.5 Å². The summed E-state index contributed by atoms with van der Waals surface area (Å²) >= 11 is 0. The van der Waals surface area contributed by atoms with Crippen LogP contribution in [-0.4, -0.2) is 43.2 Å². The molecule has 2 amide bonds. The average Bonchev–Trinajstić information content (AvgIpc) is 2.56. The highest BCUT2D eigenvalue weighted by molar-refractivity contribution is 5.75. The van der Waals surface area contributed by atoms with Gasteiger partial charge in [0.25, 0.3) is 0 Å². The summed E-state index contributed by atoms with van der Waals surface area (Å²) in [5.74, 6) is 0.744. The number of amides is 2. The maximum absolute atomic E-state index is 12.4. The standard InChI is InChI=1S/C18H27N3O/c1-15-6-5-7-16(14-15)19-18(22)21-12-10-20(11-13-21)17-8-3-2-4-9-17/h2-4,8-9,15-16H,5-7,10-14H2,1H3,(H,19,22). The Labute approximate surface area is 133 Å². The fourth-order valence-electron chi connectivity index (χ4n) is 3.64. The average molecular weight is 301 g/mol. The monoisotopic (exact) mass is 301 g/mol. The van der Waals surface area contributed by atoms with Crippen molar-refractivity contribution in [1.82, 2.24) is 10.2 Å². The fraction of sp³-hybridized carbons (Fsp3) is 0.611. The Morgan fingerprint density at radius 3 is 2.50 bits per heavy atom. The smallest absolute Gasteiger partial charge is 0.317 e. The summed E-state index contributed by atoms with van der Waals surface area (Å²) in [5, 5.41) is 3.24. The van der Waals surface area contributed by atoms with E-state index in [2.05, 4.69) is 41.4 Å². The van der Waals surface area contributed by atoms with Gasteiger partial charge in [-0.25, -0.2) is 4.79 Å². The van der Waals surface area contributed by atoms with Gasteiger partial charge >= 0.3 is 6.03 Å². The van der Waals surface area contributed by atoms with E-state index in [1.165, 1.54) is 18.5 Å². The van der Waals surface area contributed by atoms with Crippen LogP contribution in [0.5, 0.6) is 0 Å². The first-order chi connectivity index (χ1) is 10.7. The van der Waals surface area contributed by atoms with Gasteiger partial charge < -0.3 is 15.1 Å². The Morgan fingerprint density at radius 1 is 1.09 bits per heavy atom. The minimum Gasteiger partial charge on any atom is -0.368 e. The lowest BCUT2D eigenvalue weighted by Gasteiger charge is -2.37. The van der Waals surface area contributed by atoms with E-state index in [0.717, 1.165) is 44.9 Å². The highest BCUT2D eigenvalue weighted by Gasteiger charge is 2.25. The van der Waals surface area contributed by atoms with Gasteiger partial charge in [-0.15, -0.1) is 0 Å². The molecule has 120 valence electrons. The SMILES string of the molecule is CC1CCCC(NC(=O)N2CCN(c3ccccc3)CC2)C1. The van der Waals surface area contributed by atoms with Crippen molar-refractivity contribution >= 4 is 11.7 Å². The van der Waals surface area contributed by atoms with Crippen LogP contribution < -0.4 is 10.2 Å². The molecule has 1 N–H and O–H groups in total. The zero-order valence-corrected chi connectivity index (χ0v) is 13.5. The van der Waals surface area contributed by atoms with Crippen molar-refractivity contribution in [3.63, 3.8) is 0 Å². The fourth-order valence-corrected chi connectivity index (χ4v) is 3.64. The number of nitrogens with one attached hydrogen (secondary N) is 1. The Hall–Kier alpha value is -1.71. The van der Waals surface area contributed by atoms with Crippen LogP contribution in [0, 0.1) is 5.92 Å². The Balaban J connectivity index is 1.47. The maximum Gasteiger partial charge on any atom is 0.317 e. The van der Waals surface area contributed by atoms with E-state index in [0.29, 0.717) is 6.04 Å². The summed E-state index contributed by atoms with van der Waals surface area (Å²) < 4.78 is 0.